The van der Waals surface area contributed by atoms with Crippen molar-refractivity contribution in [3.63, 3.8) is 0 Å². The maximum atomic E-state index is 12.1. The Labute approximate surface area is 122 Å². The summed E-state index contributed by atoms with van der Waals surface area (Å²) in [5.41, 5.74) is 0.941. The van der Waals surface area contributed by atoms with Crippen LogP contribution in [0.3, 0.4) is 0 Å². The van der Waals surface area contributed by atoms with Gasteiger partial charge in [0.2, 0.25) is 5.91 Å². The summed E-state index contributed by atoms with van der Waals surface area (Å²) >= 11 is 14.0. The topological polar surface area (TPSA) is 20.3 Å². The number of benzene rings is 1. The number of carbonyl (C=O) groups excluding carboxylic acids is 1. The minimum atomic E-state index is 0.00949. The van der Waals surface area contributed by atoms with Crippen molar-refractivity contribution in [2.45, 2.75) is 25.1 Å². The molecule has 0 spiro atoms. The number of nitrogens with zero attached hydrogens (tertiary/aromatic N) is 1. The normalized spacial score (nSPS) is 19.3. The van der Waals surface area contributed by atoms with Gasteiger partial charge in [-0.05, 0) is 12.5 Å². The molecular weight excluding hydrogens is 289 g/mol. The summed E-state index contributed by atoms with van der Waals surface area (Å²) in [5, 5.41) is 1.12. The Balaban J connectivity index is 2.26. The van der Waals surface area contributed by atoms with Crippen molar-refractivity contribution >= 4 is 40.9 Å². The Morgan fingerprint density at radius 1 is 1.50 bits per heavy atom. The smallest absolute Gasteiger partial charge is 0.223 e. The highest BCUT2D eigenvalue weighted by molar-refractivity contribution is 7.99. The van der Waals surface area contributed by atoms with E-state index >= 15 is 0 Å². The summed E-state index contributed by atoms with van der Waals surface area (Å²) in [6.07, 6.45) is 1.46. The fraction of sp³-hybridized carbons (Fsp3) is 0.462. The van der Waals surface area contributed by atoms with Gasteiger partial charge in [-0.25, -0.2) is 0 Å². The molecule has 1 aliphatic rings. The molecule has 1 aromatic rings. The summed E-state index contributed by atoms with van der Waals surface area (Å²) in [7, 11) is 0. The molecule has 1 fully saturated rings. The largest absolute Gasteiger partial charge is 0.326 e. The van der Waals surface area contributed by atoms with Crippen molar-refractivity contribution in [2.24, 2.45) is 0 Å². The first-order chi connectivity index (χ1) is 8.65. The molecule has 1 heterocycles. The molecule has 0 bridgehead atoms. The van der Waals surface area contributed by atoms with Crippen LogP contribution in [0, 0.1) is 0 Å². The van der Waals surface area contributed by atoms with Crippen LogP contribution in [0.25, 0.3) is 0 Å². The molecule has 0 radical (unpaired) electrons. The molecule has 98 valence electrons. The van der Waals surface area contributed by atoms with Crippen LogP contribution in [0.1, 0.15) is 30.7 Å². The van der Waals surface area contributed by atoms with Crippen molar-refractivity contribution in [1.82, 2.24) is 4.90 Å². The van der Waals surface area contributed by atoms with E-state index in [2.05, 4.69) is 0 Å². The Bertz CT molecular complexity index is 453. The van der Waals surface area contributed by atoms with E-state index in [0.29, 0.717) is 16.5 Å². The molecule has 1 atom stereocenters. The van der Waals surface area contributed by atoms with Crippen LogP contribution in [0.5, 0.6) is 0 Å². The number of hydrogen-bond donors (Lipinski definition) is 0. The highest BCUT2D eigenvalue weighted by Gasteiger charge is 2.31. The summed E-state index contributed by atoms with van der Waals surface area (Å²) in [6, 6.07) is 5.60. The summed E-state index contributed by atoms with van der Waals surface area (Å²) in [6.45, 7) is 2.81. The second kappa shape index (κ2) is 6.18. The molecule has 0 saturated carbocycles. The van der Waals surface area contributed by atoms with Crippen LogP contribution >= 0.6 is 35.0 Å². The molecule has 0 aliphatic carbocycles. The van der Waals surface area contributed by atoms with Gasteiger partial charge >= 0.3 is 0 Å². The van der Waals surface area contributed by atoms with E-state index in [1.807, 2.05) is 24.0 Å². The van der Waals surface area contributed by atoms with Crippen LogP contribution in [-0.4, -0.2) is 23.1 Å². The first kappa shape index (κ1) is 14.0. The van der Waals surface area contributed by atoms with E-state index in [0.717, 1.165) is 24.3 Å². The predicted octanol–water partition coefficient (Wildman–Crippen LogP) is 4.37. The van der Waals surface area contributed by atoms with Crippen molar-refractivity contribution in [3.8, 4) is 0 Å². The fourth-order valence-corrected chi connectivity index (χ4v) is 3.83. The fourth-order valence-electron chi connectivity index (χ4n) is 2.05. The number of thioether (sulfide) groups is 1. The zero-order valence-electron chi connectivity index (χ0n) is 10.2. The molecular formula is C13H15Cl2NOS. The molecule has 1 aliphatic heterocycles. The standard InChI is InChI=1S/C13H15Cl2NOS/c1-2-4-11(17)16-7-8-18-13(16)9-5-3-6-10(14)12(9)15/h3,5-6,13H,2,4,7-8H2,1H3. The van der Waals surface area contributed by atoms with E-state index in [1.54, 1.807) is 17.8 Å². The number of carbonyl (C=O) groups is 1. The van der Waals surface area contributed by atoms with Crippen molar-refractivity contribution in [3.05, 3.63) is 33.8 Å². The second-order valence-corrected chi connectivity index (χ2v) is 6.18. The first-order valence-corrected chi connectivity index (χ1v) is 7.80. The summed E-state index contributed by atoms with van der Waals surface area (Å²) in [5.74, 6) is 1.15. The third-order valence-corrected chi connectivity index (χ3v) is 5.00. The maximum Gasteiger partial charge on any atom is 0.223 e. The van der Waals surface area contributed by atoms with Gasteiger partial charge in [0.05, 0.1) is 10.0 Å². The van der Waals surface area contributed by atoms with Gasteiger partial charge in [0, 0.05) is 24.3 Å². The highest BCUT2D eigenvalue weighted by atomic mass is 35.5. The van der Waals surface area contributed by atoms with E-state index in [9.17, 15) is 4.79 Å². The van der Waals surface area contributed by atoms with Gasteiger partial charge in [-0.3, -0.25) is 4.79 Å². The monoisotopic (exact) mass is 303 g/mol. The second-order valence-electron chi connectivity index (χ2n) is 4.20. The van der Waals surface area contributed by atoms with E-state index < -0.39 is 0 Å². The molecule has 2 nitrogen and oxygen atoms in total. The van der Waals surface area contributed by atoms with Gasteiger partial charge in [0.1, 0.15) is 5.37 Å². The maximum absolute atomic E-state index is 12.1. The third-order valence-electron chi connectivity index (χ3n) is 2.92. The number of hydrogen-bond acceptors (Lipinski definition) is 2. The van der Waals surface area contributed by atoms with Crippen LogP contribution in [0.2, 0.25) is 10.0 Å². The molecule has 1 amide bonds. The summed E-state index contributed by atoms with van der Waals surface area (Å²) in [4.78, 5) is 14.0. The molecule has 0 aromatic heterocycles. The van der Waals surface area contributed by atoms with E-state index in [1.165, 1.54) is 0 Å². The lowest BCUT2D eigenvalue weighted by molar-refractivity contribution is -0.131. The number of amides is 1. The quantitative estimate of drug-likeness (QED) is 0.826. The Morgan fingerprint density at radius 3 is 3.00 bits per heavy atom. The van der Waals surface area contributed by atoms with Crippen LogP contribution < -0.4 is 0 Å². The highest BCUT2D eigenvalue weighted by Crippen LogP contribution is 2.42. The van der Waals surface area contributed by atoms with Gasteiger partial charge < -0.3 is 4.90 Å². The lowest BCUT2D eigenvalue weighted by atomic mass is 10.2. The Kier molecular flexibility index (Phi) is 4.82. The molecule has 1 aromatic carbocycles. The Hall–Kier alpha value is -0.380. The molecule has 5 heteroatoms. The van der Waals surface area contributed by atoms with Crippen LogP contribution in [-0.2, 0) is 4.79 Å². The van der Waals surface area contributed by atoms with Crippen molar-refractivity contribution in [2.75, 3.05) is 12.3 Å². The van der Waals surface area contributed by atoms with E-state index in [-0.39, 0.29) is 11.3 Å². The number of rotatable bonds is 3. The molecule has 2 rings (SSSR count). The van der Waals surface area contributed by atoms with Crippen molar-refractivity contribution < 1.29 is 4.79 Å². The average Bonchev–Trinajstić information content (AvgIpc) is 2.82. The van der Waals surface area contributed by atoms with E-state index in [4.69, 9.17) is 23.2 Å². The van der Waals surface area contributed by atoms with Gasteiger partial charge in [-0.2, -0.15) is 0 Å². The average molecular weight is 304 g/mol. The van der Waals surface area contributed by atoms with Gasteiger partial charge in [0.25, 0.3) is 0 Å². The minimum absolute atomic E-state index is 0.00949. The minimum Gasteiger partial charge on any atom is -0.326 e. The zero-order valence-corrected chi connectivity index (χ0v) is 12.5. The zero-order chi connectivity index (χ0) is 13.1. The Morgan fingerprint density at radius 2 is 2.28 bits per heavy atom. The molecule has 1 unspecified atom stereocenters. The first-order valence-electron chi connectivity index (χ1n) is 6.00. The number of halogens is 2. The lowest BCUT2D eigenvalue weighted by Gasteiger charge is -2.25. The van der Waals surface area contributed by atoms with Crippen molar-refractivity contribution in [1.29, 1.82) is 0 Å². The molecule has 18 heavy (non-hydrogen) atoms. The van der Waals surface area contributed by atoms with Gasteiger partial charge in [-0.15, -0.1) is 11.8 Å². The third kappa shape index (κ3) is 2.79. The SMILES string of the molecule is CCCC(=O)N1CCSC1c1cccc(Cl)c1Cl. The molecule has 0 N–H and O–H groups in total. The lowest BCUT2D eigenvalue weighted by Crippen LogP contribution is -2.30. The molecule has 1 saturated heterocycles. The van der Waals surface area contributed by atoms with Gasteiger partial charge in [-0.1, -0.05) is 42.3 Å². The van der Waals surface area contributed by atoms with Crippen LogP contribution in [0.15, 0.2) is 18.2 Å². The van der Waals surface area contributed by atoms with Crippen LogP contribution in [0.4, 0.5) is 0 Å². The predicted molar refractivity (Wildman–Crippen MR) is 78.3 cm³/mol. The summed E-state index contributed by atoms with van der Waals surface area (Å²) < 4.78 is 0. The van der Waals surface area contributed by atoms with Gasteiger partial charge in [0.15, 0.2) is 0 Å².